The van der Waals surface area contributed by atoms with Crippen molar-refractivity contribution in [2.45, 2.75) is 160 Å². The molecule has 0 bridgehead atoms. The van der Waals surface area contributed by atoms with Gasteiger partial charge in [-0.2, -0.15) is 8.42 Å². The summed E-state index contributed by atoms with van der Waals surface area (Å²) in [4.78, 5) is -0.0864. The molecule has 0 aliphatic carbocycles. The Labute approximate surface area is 223 Å². The predicted octanol–water partition coefficient (Wildman–Crippen LogP) is 10.2. The minimum atomic E-state index is -4.15. The third kappa shape index (κ3) is 18.2. The summed E-state index contributed by atoms with van der Waals surface area (Å²) in [6.07, 6.45) is 30.3. The van der Waals surface area contributed by atoms with Crippen molar-refractivity contribution in [2.24, 2.45) is 0 Å². The van der Waals surface area contributed by atoms with Crippen molar-refractivity contribution in [1.82, 2.24) is 0 Å². The van der Waals surface area contributed by atoms with E-state index in [0.29, 0.717) is 12.4 Å². The zero-order chi connectivity index (χ0) is 26.3. The number of benzene rings is 1. The summed E-state index contributed by atoms with van der Waals surface area (Å²) in [6, 6.07) is 4.45. The van der Waals surface area contributed by atoms with E-state index in [2.05, 4.69) is 6.92 Å². The van der Waals surface area contributed by atoms with Crippen LogP contribution in [0, 0.1) is 6.92 Å². The summed E-state index contributed by atoms with van der Waals surface area (Å²) in [6.45, 7) is 4.73. The Morgan fingerprint density at radius 1 is 0.611 bits per heavy atom. The Hall–Kier alpha value is -1.07. The SMILES string of the molecule is CCCCCCCCCCCCCCCCCCCCCCCCOc1ccc(S(=O)(=O)O)cc1C. The fourth-order valence-corrected chi connectivity index (χ4v) is 5.40. The van der Waals surface area contributed by atoms with Crippen LogP contribution in [0.3, 0.4) is 0 Å². The summed E-state index contributed by atoms with van der Waals surface area (Å²) < 4.78 is 37.2. The average molecular weight is 525 g/mol. The first kappa shape index (κ1) is 33.0. The first-order valence-corrected chi connectivity index (χ1v) is 16.6. The zero-order valence-electron chi connectivity index (χ0n) is 23.6. The molecule has 0 fully saturated rings. The molecule has 0 unspecified atom stereocenters. The van der Waals surface area contributed by atoms with Gasteiger partial charge in [0, 0.05) is 0 Å². The summed E-state index contributed by atoms with van der Waals surface area (Å²) in [7, 11) is -4.15. The van der Waals surface area contributed by atoms with Gasteiger partial charge in [0.2, 0.25) is 0 Å². The second kappa shape index (κ2) is 22.0. The molecule has 0 aromatic heterocycles. The molecule has 0 aliphatic rings. The van der Waals surface area contributed by atoms with Crippen molar-refractivity contribution in [2.75, 3.05) is 6.61 Å². The van der Waals surface area contributed by atoms with Crippen molar-refractivity contribution in [1.29, 1.82) is 0 Å². The van der Waals surface area contributed by atoms with Crippen LogP contribution in [0.5, 0.6) is 5.75 Å². The molecule has 1 aromatic rings. The van der Waals surface area contributed by atoms with Gasteiger partial charge in [0.1, 0.15) is 5.75 Å². The maximum absolute atomic E-state index is 11.2. The van der Waals surface area contributed by atoms with Gasteiger partial charge in [0.25, 0.3) is 10.1 Å². The Bertz CT molecular complexity index is 745. The summed E-state index contributed by atoms with van der Waals surface area (Å²) in [5.41, 5.74) is 0.726. The standard InChI is InChI=1S/C31H56O4S/c1-3-4-5-6-7-8-9-10-11-12-13-14-15-16-17-18-19-20-21-22-23-24-27-35-31-26-25-30(28-29(31)2)36(32,33)34/h25-26,28H,3-24,27H2,1-2H3,(H,32,33,34). The van der Waals surface area contributed by atoms with Crippen molar-refractivity contribution < 1.29 is 17.7 Å². The second-order valence-corrected chi connectivity index (χ2v) is 12.1. The van der Waals surface area contributed by atoms with Crippen molar-refractivity contribution in [3.8, 4) is 5.75 Å². The molecule has 0 amide bonds. The number of hydrogen-bond donors (Lipinski definition) is 1. The molecule has 0 saturated carbocycles. The van der Waals surface area contributed by atoms with Crippen LogP contribution in [0.1, 0.15) is 154 Å². The fourth-order valence-electron chi connectivity index (χ4n) is 4.84. The van der Waals surface area contributed by atoms with E-state index in [-0.39, 0.29) is 4.90 Å². The maximum atomic E-state index is 11.2. The van der Waals surface area contributed by atoms with Crippen LogP contribution in [0.2, 0.25) is 0 Å². The summed E-state index contributed by atoms with van der Waals surface area (Å²) in [5, 5.41) is 0. The molecule has 4 nitrogen and oxygen atoms in total. The second-order valence-electron chi connectivity index (χ2n) is 10.7. The highest BCUT2D eigenvalue weighted by atomic mass is 32.2. The van der Waals surface area contributed by atoms with E-state index in [9.17, 15) is 8.42 Å². The summed E-state index contributed by atoms with van der Waals surface area (Å²) >= 11 is 0. The predicted molar refractivity (Wildman–Crippen MR) is 154 cm³/mol. The monoisotopic (exact) mass is 524 g/mol. The minimum absolute atomic E-state index is 0.0864. The number of rotatable bonds is 25. The molecule has 0 radical (unpaired) electrons. The molecular formula is C31H56O4S. The molecule has 0 spiro atoms. The molecule has 0 aliphatic heterocycles. The Kier molecular flexibility index (Phi) is 20.1. The molecule has 5 heteroatoms. The number of unbranched alkanes of at least 4 members (excludes halogenated alkanes) is 21. The highest BCUT2D eigenvalue weighted by Gasteiger charge is 2.11. The van der Waals surface area contributed by atoms with Crippen molar-refractivity contribution >= 4 is 10.1 Å². The lowest BCUT2D eigenvalue weighted by molar-refractivity contribution is 0.302. The molecule has 0 saturated heterocycles. The van der Waals surface area contributed by atoms with Gasteiger partial charge in [-0.25, -0.2) is 0 Å². The quantitative estimate of drug-likeness (QED) is 0.102. The van der Waals surface area contributed by atoms with E-state index in [4.69, 9.17) is 9.29 Å². The van der Waals surface area contributed by atoms with Crippen LogP contribution in [-0.2, 0) is 10.1 Å². The first-order chi connectivity index (χ1) is 17.4. The lowest BCUT2D eigenvalue weighted by Gasteiger charge is -2.10. The van der Waals surface area contributed by atoms with Crippen molar-refractivity contribution in [3.63, 3.8) is 0 Å². The molecule has 0 heterocycles. The molecule has 1 N–H and O–H groups in total. The Morgan fingerprint density at radius 2 is 0.972 bits per heavy atom. The molecule has 36 heavy (non-hydrogen) atoms. The van der Waals surface area contributed by atoms with E-state index in [0.717, 1.165) is 12.0 Å². The lowest BCUT2D eigenvalue weighted by Crippen LogP contribution is -2.02. The number of hydrogen-bond acceptors (Lipinski definition) is 3. The van der Waals surface area contributed by atoms with E-state index in [1.165, 1.54) is 147 Å². The summed E-state index contributed by atoms with van der Waals surface area (Å²) in [5.74, 6) is 0.686. The van der Waals surface area contributed by atoms with Gasteiger partial charge in [0.05, 0.1) is 11.5 Å². The average Bonchev–Trinajstić information content (AvgIpc) is 2.84. The third-order valence-electron chi connectivity index (χ3n) is 7.20. The van der Waals surface area contributed by atoms with E-state index < -0.39 is 10.1 Å². The van der Waals surface area contributed by atoms with Crippen LogP contribution >= 0.6 is 0 Å². The topological polar surface area (TPSA) is 63.6 Å². The van der Waals surface area contributed by atoms with Gasteiger partial charge < -0.3 is 4.74 Å². The van der Waals surface area contributed by atoms with Gasteiger partial charge in [-0.1, -0.05) is 142 Å². The van der Waals surface area contributed by atoms with Crippen LogP contribution in [0.25, 0.3) is 0 Å². The Morgan fingerprint density at radius 3 is 1.31 bits per heavy atom. The highest BCUT2D eigenvalue weighted by molar-refractivity contribution is 7.85. The molecule has 1 rings (SSSR count). The van der Waals surface area contributed by atoms with E-state index in [1.807, 2.05) is 0 Å². The van der Waals surface area contributed by atoms with E-state index >= 15 is 0 Å². The van der Waals surface area contributed by atoms with Crippen molar-refractivity contribution in [3.05, 3.63) is 23.8 Å². The smallest absolute Gasteiger partial charge is 0.294 e. The number of aryl methyl sites for hydroxylation is 1. The largest absolute Gasteiger partial charge is 0.493 e. The van der Waals surface area contributed by atoms with Gasteiger partial charge in [-0.05, 0) is 37.1 Å². The fraction of sp³-hybridized carbons (Fsp3) is 0.806. The van der Waals surface area contributed by atoms with Crippen LogP contribution < -0.4 is 4.74 Å². The maximum Gasteiger partial charge on any atom is 0.294 e. The van der Waals surface area contributed by atoms with Gasteiger partial charge in [-0.3, -0.25) is 4.55 Å². The molecular weight excluding hydrogens is 468 g/mol. The number of ether oxygens (including phenoxy) is 1. The Balaban J connectivity index is 1.79. The zero-order valence-corrected chi connectivity index (χ0v) is 24.4. The third-order valence-corrected chi connectivity index (χ3v) is 8.05. The van der Waals surface area contributed by atoms with E-state index in [1.54, 1.807) is 13.0 Å². The highest BCUT2D eigenvalue weighted by Crippen LogP contribution is 2.22. The molecule has 210 valence electrons. The van der Waals surface area contributed by atoms with Crippen LogP contribution in [0.15, 0.2) is 23.1 Å². The first-order valence-electron chi connectivity index (χ1n) is 15.2. The normalized spacial score (nSPS) is 11.8. The van der Waals surface area contributed by atoms with Crippen LogP contribution in [-0.4, -0.2) is 19.6 Å². The molecule has 0 atom stereocenters. The van der Waals surface area contributed by atoms with Gasteiger partial charge in [0.15, 0.2) is 0 Å². The lowest BCUT2D eigenvalue weighted by atomic mass is 10.0. The van der Waals surface area contributed by atoms with Gasteiger partial charge in [-0.15, -0.1) is 0 Å². The molecule has 1 aromatic carbocycles. The minimum Gasteiger partial charge on any atom is -0.493 e. The van der Waals surface area contributed by atoms with Gasteiger partial charge >= 0.3 is 0 Å². The van der Waals surface area contributed by atoms with Crippen LogP contribution in [0.4, 0.5) is 0 Å².